The second-order valence-electron chi connectivity index (χ2n) is 16.8. The molecule has 1 aliphatic carbocycles. The highest BCUT2D eigenvalue weighted by atomic mass is 35.5. The van der Waals surface area contributed by atoms with Crippen LogP contribution in [0.5, 0.6) is 0 Å². The van der Waals surface area contributed by atoms with Gasteiger partial charge in [0.15, 0.2) is 17.2 Å². The smallest absolute Gasteiger partial charge is 0.328 e. The molecule has 4 aliphatic heterocycles. The average molecular weight is 832 g/mol. The van der Waals surface area contributed by atoms with Crippen molar-refractivity contribution in [2.24, 2.45) is 5.41 Å². The lowest BCUT2D eigenvalue weighted by Gasteiger charge is -2.47. The number of likely N-dealkylation sites (tertiary alicyclic amines) is 1. The Bertz CT molecular complexity index is 2500. The van der Waals surface area contributed by atoms with Crippen molar-refractivity contribution in [2.45, 2.75) is 63.7 Å². The molecule has 0 radical (unpaired) electrons. The molecule has 310 valence electrons. The number of rotatable bonds is 9. The molecule has 4 amide bonds. The fraction of sp³-hybridized carbons (Fsp3) is 0.409. The number of benzene rings is 2. The van der Waals surface area contributed by atoms with Gasteiger partial charge < -0.3 is 20.4 Å². The number of aromatic nitrogens is 4. The Morgan fingerprint density at radius 2 is 1.70 bits per heavy atom. The highest BCUT2D eigenvalue weighted by Gasteiger charge is 2.40. The molecular weight excluding hydrogens is 785 g/mol. The molecule has 3 N–H and O–H groups in total. The molecule has 16 heteroatoms. The summed E-state index contributed by atoms with van der Waals surface area (Å²) >= 11 is 6.67. The first-order chi connectivity index (χ1) is 29.1. The van der Waals surface area contributed by atoms with Crippen molar-refractivity contribution >= 4 is 63.7 Å². The molecule has 7 heterocycles. The van der Waals surface area contributed by atoms with Gasteiger partial charge in [-0.1, -0.05) is 29.8 Å². The van der Waals surface area contributed by atoms with Crippen molar-refractivity contribution in [1.82, 2.24) is 35.1 Å². The van der Waals surface area contributed by atoms with E-state index in [1.54, 1.807) is 4.52 Å². The minimum absolute atomic E-state index is 0.261. The van der Waals surface area contributed by atoms with Crippen LogP contribution in [0.15, 0.2) is 67.0 Å². The van der Waals surface area contributed by atoms with Crippen LogP contribution in [0, 0.1) is 5.41 Å². The third-order valence-electron chi connectivity index (χ3n) is 13.2. The fourth-order valence-electron chi connectivity index (χ4n) is 9.46. The SMILES string of the molecule is CNc1cc(N2CCc3c(-c4ccc(CN5CCC6(CC5)CCN(c5ccc(N7CCC(=O)NC7=O)c(Cl)c5)CC6)cn4)cccc32)nn2c(C(=O)N[C@@H]3C[C@@H]3F)cnc12. The highest BCUT2D eigenvalue weighted by molar-refractivity contribution is 6.34. The predicted octanol–water partition coefficient (Wildman–Crippen LogP) is 6.35. The van der Waals surface area contributed by atoms with E-state index in [9.17, 15) is 18.8 Å². The number of anilines is 5. The third-order valence-corrected chi connectivity index (χ3v) is 13.5. The Kier molecular flexibility index (Phi) is 9.82. The van der Waals surface area contributed by atoms with Crippen LogP contribution in [-0.4, -0.2) is 101 Å². The second kappa shape index (κ2) is 15.3. The summed E-state index contributed by atoms with van der Waals surface area (Å²) in [6.45, 7) is 5.97. The zero-order valence-electron chi connectivity index (χ0n) is 33.5. The van der Waals surface area contributed by atoms with Crippen LogP contribution in [0.4, 0.5) is 37.8 Å². The summed E-state index contributed by atoms with van der Waals surface area (Å²) in [5.74, 6) is 0.0332. The van der Waals surface area contributed by atoms with E-state index < -0.39 is 18.2 Å². The zero-order chi connectivity index (χ0) is 41.1. The molecule has 5 aromatic rings. The molecule has 5 aliphatic rings. The summed E-state index contributed by atoms with van der Waals surface area (Å²) in [7, 11) is 1.82. The number of imide groups is 1. The minimum atomic E-state index is -1.00. The van der Waals surface area contributed by atoms with E-state index in [0.717, 1.165) is 86.9 Å². The summed E-state index contributed by atoms with van der Waals surface area (Å²) < 4.78 is 15.1. The topological polar surface area (TPSA) is 143 Å². The van der Waals surface area contributed by atoms with Gasteiger partial charge >= 0.3 is 6.03 Å². The summed E-state index contributed by atoms with van der Waals surface area (Å²) in [4.78, 5) is 55.1. The van der Waals surface area contributed by atoms with Crippen LogP contribution >= 0.6 is 11.6 Å². The number of halogens is 2. The number of carbonyl (C=O) groups is 3. The van der Waals surface area contributed by atoms with Crippen molar-refractivity contribution in [3.05, 3.63) is 88.8 Å². The standard InChI is InChI=1S/C44H47ClFN11O3/c1-47-35-23-39(52-57-38(25-49-41(35)57)42(59)50-34-22-32(34)46)55-15-9-30-29(3-2-4-36(30)55)33-7-5-27(24-48-33)26-53-17-11-44(12-18-53)13-19-54(20-14-44)28-6-8-37(31(45)21-28)56-16-10-40(58)51-43(56)60/h2-8,21,23-25,32,34,47H,9-20,22,26H2,1H3,(H,50,59)(H,51,58,60)/t32-,34+/m0/s1. The summed E-state index contributed by atoms with van der Waals surface area (Å²) in [6, 6.07) is 17.6. The van der Waals surface area contributed by atoms with Gasteiger partial charge in [0.25, 0.3) is 5.91 Å². The maximum Gasteiger partial charge on any atom is 0.328 e. The number of urea groups is 1. The highest BCUT2D eigenvalue weighted by Crippen LogP contribution is 2.44. The van der Waals surface area contributed by atoms with Gasteiger partial charge in [-0.25, -0.2) is 18.7 Å². The molecule has 3 saturated heterocycles. The van der Waals surface area contributed by atoms with E-state index in [2.05, 4.69) is 66.0 Å². The van der Waals surface area contributed by atoms with E-state index in [-0.39, 0.29) is 23.9 Å². The molecule has 4 fully saturated rings. The van der Waals surface area contributed by atoms with Gasteiger partial charge in [0.05, 0.1) is 34.3 Å². The molecule has 3 aromatic heterocycles. The molecule has 1 spiro atoms. The molecule has 14 nitrogen and oxygen atoms in total. The van der Waals surface area contributed by atoms with E-state index in [0.29, 0.717) is 40.6 Å². The maximum atomic E-state index is 13.6. The van der Waals surface area contributed by atoms with Crippen molar-refractivity contribution in [1.29, 1.82) is 0 Å². The van der Waals surface area contributed by atoms with Gasteiger partial charge in [0.1, 0.15) is 6.17 Å². The van der Waals surface area contributed by atoms with Crippen LogP contribution in [0.3, 0.4) is 0 Å². The lowest BCUT2D eigenvalue weighted by molar-refractivity contribution is -0.120. The van der Waals surface area contributed by atoms with Crippen molar-refractivity contribution in [2.75, 3.05) is 66.3 Å². The number of nitrogens with one attached hydrogen (secondary N) is 3. The van der Waals surface area contributed by atoms with Gasteiger partial charge in [0, 0.05) is 81.8 Å². The Labute approximate surface area is 352 Å². The largest absolute Gasteiger partial charge is 0.385 e. The lowest BCUT2D eigenvalue weighted by Crippen LogP contribution is -2.49. The van der Waals surface area contributed by atoms with Gasteiger partial charge in [-0.3, -0.25) is 29.7 Å². The van der Waals surface area contributed by atoms with Gasteiger partial charge in [0.2, 0.25) is 5.91 Å². The van der Waals surface area contributed by atoms with Crippen LogP contribution in [0.25, 0.3) is 16.9 Å². The lowest BCUT2D eigenvalue weighted by atomic mass is 9.71. The molecule has 2 aromatic carbocycles. The van der Waals surface area contributed by atoms with E-state index >= 15 is 0 Å². The number of piperidine rings is 2. The van der Waals surface area contributed by atoms with Crippen LogP contribution in [0.2, 0.25) is 5.02 Å². The average Bonchev–Trinajstić information content (AvgIpc) is 3.57. The second-order valence-corrected chi connectivity index (χ2v) is 17.2. The summed E-state index contributed by atoms with van der Waals surface area (Å²) in [6.07, 6.45) is 8.54. The number of pyridine rings is 1. The minimum Gasteiger partial charge on any atom is -0.385 e. The number of amides is 4. The molecule has 60 heavy (non-hydrogen) atoms. The van der Waals surface area contributed by atoms with Gasteiger partial charge in [-0.2, -0.15) is 0 Å². The molecular formula is C44H47ClFN11O3. The number of hydrogen-bond donors (Lipinski definition) is 3. The number of nitrogens with zero attached hydrogens (tertiary/aromatic N) is 8. The zero-order valence-corrected chi connectivity index (χ0v) is 34.2. The normalized spacial score (nSPS) is 21.4. The Morgan fingerprint density at radius 1 is 0.917 bits per heavy atom. The number of alkyl halides is 1. The maximum absolute atomic E-state index is 13.6. The Morgan fingerprint density at radius 3 is 2.42 bits per heavy atom. The molecule has 2 atom stereocenters. The van der Waals surface area contributed by atoms with Crippen LogP contribution in [0.1, 0.15) is 60.1 Å². The molecule has 10 rings (SSSR count). The van der Waals surface area contributed by atoms with Crippen molar-refractivity contribution < 1.29 is 18.8 Å². The number of imidazole rings is 1. The quantitative estimate of drug-likeness (QED) is 0.154. The summed E-state index contributed by atoms with van der Waals surface area (Å²) in [5.41, 5.74) is 9.06. The van der Waals surface area contributed by atoms with E-state index in [1.165, 1.54) is 35.1 Å². The summed E-state index contributed by atoms with van der Waals surface area (Å²) in [5, 5.41) is 13.7. The third kappa shape index (κ3) is 7.16. The number of carbonyl (C=O) groups excluding carboxylic acids is 3. The molecule has 1 saturated carbocycles. The molecule has 0 bridgehead atoms. The number of hydrogen-bond acceptors (Lipinski definition) is 10. The first-order valence-electron chi connectivity index (χ1n) is 20.9. The molecule has 0 unspecified atom stereocenters. The van der Waals surface area contributed by atoms with Crippen molar-refractivity contribution in [3.8, 4) is 11.3 Å². The van der Waals surface area contributed by atoms with E-state index in [4.69, 9.17) is 21.7 Å². The first-order valence-corrected chi connectivity index (χ1v) is 21.3. The van der Waals surface area contributed by atoms with Gasteiger partial charge in [-0.05, 0) is 92.1 Å². The number of fused-ring (bicyclic) bond motifs is 2. The van der Waals surface area contributed by atoms with Crippen LogP contribution < -0.4 is 30.7 Å². The van der Waals surface area contributed by atoms with E-state index in [1.807, 2.05) is 37.5 Å². The monoisotopic (exact) mass is 831 g/mol. The Balaban J connectivity index is 0.762. The van der Waals surface area contributed by atoms with Crippen molar-refractivity contribution in [3.63, 3.8) is 0 Å². The van der Waals surface area contributed by atoms with Crippen LogP contribution in [-0.2, 0) is 17.8 Å². The fourth-order valence-corrected chi connectivity index (χ4v) is 9.74. The predicted molar refractivity (Wildman–Crippen MR) is 229 cm³/mol. The van der Waals surface area contributed by atoms with Gasteiger partial charge in [-0.15, -0.1) is 5.10 Å². The first kappa shape index (κ1) is 38.4. The Hall–Kier alpha value is -5.80.